The Morgan fingerprint density at radius 3 is 2.37 bits per heavy atom. The zero-order chi connectivity index (χ0) is 21.5. The lowest BCUT2D eigenvalue weighted by Gasteiger charge is -2.18. The number of nitrogens with one attached hydrogen (secondary N) is 1. The third kappa shape index (κ3) is 4.93. The van der Waals surface area contributed by atoms with Crippen molar-refractivity contribution in [3.05, 3.63) is 59.2 Å². The third-order valence-electron chi connectivity index (χ3n) is 4.05. The average molecular weight is 413 g/mol. The Kier molecular flexibility index (Phi) is 6.63. The highest BCUT2D eigenvalue weighted by atomic mass is 16.6. The first-order valence-corrected chi connectivity index (χ1v) is 9.16. The van der Waals surface area contributed by atoms with Gasteiger partial charge in [0, 0.05) is 11.1 Å². The van der Waals surface area contributed by atoms with Gasteiger partial charge in [0.05, 0.1) is 12.2 Å². The first-order valence-electron chi connectivity index (χ1n) is 9.16. The lowest BCUT2D eigenvalue weighted by Crippen LogP contribution is -2.34. The van der Waals surface area contributed by atoms with Crippen LogP contribution in [0.4, 0.5) is 4.79 Å². The van der Waals surface area contributed by atoms with Crippen LogP contribution in [0.3, 0.4) is 0 Å². The number of rotatable bonds is 6. The Bertz CT molecular complexity index is 985. The Labute approximate surface area is 171 Å². The van der Waals surface area contributed by atoms with Crippen LogP contribution in [0.2, 0.25) is 0 Å². The van der Waals surface area contributed by atoms with E-state index in [1.165, 1.54) is 12.1 Å². The van der Waals surface area contributed by atoms with E-state index in [2.05, 4.69) is 4.74 Å². The molecule has 2 amide bonds. The molecule has 0 radical (unpaired) electrons. The highest BCUT2D eigenvalue weighted by molar-refractivity contribution is 6.14. The highest BCUT2D eigenvalue weighted by Gasteiger charge is 2.22. The molecule has 9 nitrogen and oxygen atoms in total. The third-order valence-corrected chi connectivity index (χ3v) is 4.05. The molecule has 0 unspecified atom stereocenters. The molecular weight excluding hydrogens is 394 g/mol. The Morgan fingerprint density at radius 2 is 1.63 bits per heavy atom. The van der Waals surface area contributed by atoms with Gasteiger partial charge in [-0.15, -0.1) is 0 Å². The van der Waals surface area contributed by atoms with E-state index in [-0.39, 0.29) is 17.7 Å². The smallest absolute Gasteiger partial charge is 0.413 e. The minimum absolute atomic E-state index is 0.0127. The van der Waals surface area contributed by atoms with E-state index >= 15 is 0 Å². The summed E-state index contributed by atoms with van der Waals surface area (Å²) in [5.74, 6) is -1.16. The van der Waals surface area contributed by atoms with Gasteiger partial charge in [-0.2, -0.15) is 0 Å². The number of hydrogen-bond acceptors (Lipinski definition) is 8. The van der Waals surface area contributed by atoms with E-state index in [1.807, 2.05) is 5.32 Å². The van der Waals surface area contributed by atoms with Gasteiger partial charge in [0.1, 0.15) is 13.2 Å². The molecule has 0 bridgehead atoms. The lowest BCUT2D eigenvalue weighted by atomic mass is 9.98. The minimum Gasteiger partial charge on any atom is -0.486 e. The molecule has 0 saturated heterocycles. The van der Waals surface area contributed by atoms with Crippen molar-refractivity contribution in [1.82, 2.24) is 5.32 Å². The van der Waals surface area contributed by atoms with E-state index in [0.29, 0.717) is 30.3 Å². The Morgan fingerprint density at radius 1 is 0.933 bits per heavy atom. The van der Waals surface area contributed by atoms with Crippen molar-refractivity contribution < 1.29 is 38.1 Å². The van der Waals surface area contributed by atoms with Crippen LogP contribution in [-0.2, 0) is 14.3 Å². The maximum atomic E-state index is 13.0. The number of amides is 2. The average Bonchev–Trinajstić information content (AvgIpc) is 2.76. The maximum Gasteiger partial charge on any atom is 0.413 e. The second-order valence-corrected chi connectivity index (χ2v) is 6.08. The molecule has 0 atom stereocenters. The number of benzene rings is 2. The van der Waals surface area contributed by atoms with E-state index in [0.717, 1.165) is 0 Å². The van der Waals surface area contributed by atoms with Gasteiger partial charge in [-0.3, -0.25) is 14.9 Å². The quantitative estimate of drug-likeness (QED) is 0.565. The van der Waals surface area contributed by atoms with Crippen LogP contribution in [0.15, 0.2) is 42.5 Å². The molecule has 2 aromatic carbocycles. The molecule has 1 aliphatic heterocycles. The number of hydrogen-bond donors (Lipinski definition) is 1. The van der Waals surface area contributed by atoms with E-state index in [4.69, 9.17) is 14.2 Å². The van der Waals surface area contributed by atoms with Gasteiger partial charge in [0.25, 0.3) is 5.91 Å². The van der Waals surface area contributed by atoms with Crippen molar-refractivity contribution in [2.45, 2.75) is 6.92 Å². The summed E-state index contributed by atoms with van der Waals surface area (Å²) < 4.78 is 20.4. The summed E-state index contributed by atoms with van der Waals surface area (Å²) in [6.07, 6.45) is -0.937. The zero-order valence-electron chi connectivity index (χ0n) is 16.1. The molecule has 0 fully saturated rings. The number of imide groups is 1. The molecule has 0 aromatic heterocycles. The van der Waals surface area contributed by atoms with Gasteiger partial charge in [-0.1, -0.05) is 18.2 Å². The van der Waals surface area contributed by atoms with Crippen molar-refractivity contribution in [3.63, 3.8) is 0 Å². The normalized spacial score (nSPS) is 11.9. The standard InChI is InChI=1S/C21H19NO8/c1-2-27-21(26)22-18(23)12-30-20(25)15-6-4-3-5-14(15)19(24)13-7-8-16-17(11-13)29-10-9-28-16/h3-8,11H,2,9-10,12H2,1H3,(H,22,23,26). The number of carbonyl (C=O) groups is 4. The molecule has 3 rings (SSSR count). The summed E-state index contributed by atoms with van der Waals surface area (Å²) in [6, 6.07) is 10.8. The number of alkyl carbamates (subject to hydrolysis) is 1. The summed E-state index contributed by atoms with van der Waals surface area (Å²) in [5.41, 5.74) is 0.394. The summed E-state index contributed by atoms with van der Waals surface area (Å²) in [4.78, 5) is 48.3. The van der Waals surface area contributed by atoms with Gasteiger partial charge >= 0.3 is 12.1 Å². The van der Waals surface area contributed by atoms with Crippen molar-refractivity contribution in [2.75, 3.05) is 26.4 Å². The second-order valence-electron chi connectivity index (χ2n) is 6.08. The fourth-order valence-electron chi connectivity index (χ4n) is 2.73. The van der Waals surface area contributed by atoms with Crippen LogP contribution in [0.5, 0.6) is 11.5 Å². The predicted molar refractivity (Wildman–Crippen MR) is 103 cm³/mol. The number of ether oxygens (including phenoxy) is 4. The molecule has 30 heavy (non-hydrogen) atoms. The molecule has 156 valence electrons. The molecule has 1 N–H and O–H groups in total. The molecule has 1 aliphatic rings. The number of fused-ring (bicyclic) bond motifs is 1. The minimum atomic E-state index is -0.937. The lowest BCUT2D eigenvalue weighted by molar-refractivity contribution is -0.123. The van der Waals surface area contributed by atoms with Gasteiger partial charge in [-0.05, 0) is 31.2 Å². The molecule has 0 saturated carbocycles. The van der Waals surface area contributed by atoms with Crippen LogP contribution in [0.1, 0.15) is 33.2 Å². The van der Waals surface area contributed by atoms with Gasteiger partial charge < -0.3 is 18.9 Å². The topological polar surface area (TPSA) is 117 Å². The van der Waals surface area contributed by atoms with Gasteiger partial charge in [0.2, 0.25) is 0 Å². The molecule has 9 heteroatoms. The van der Waals surface area contributed by atoms with Crippen LogP contribution in [0.25, 0.3) is 0 Å². The summed E-state index contributed by atoms with van der Waals surface area (Å²) in [6.45, 7) is 1.78. The van der Waals surface area contributed by atoms with Crippen molar-refractivity contribution >= 4 is 23.8 Å². The van der Waals surface area contributed by atoms with Crippen LogP contribution in [0, 0.1) is 0 Å². The molecule has 2 aromatic rings. The van der Waals surface area contributed by atoms with Crippen LogP contribution in [-0.4, -0.2) is 50.2 Å². The maximum absolute atomic E-state index is 13.0. The Hall–Kier alpha value is -3.88. The SMILES string of the molecule is CCOC(=O)NC(=O)COC(=O)c1ccccc1C(=O)c1ccc2c(c1)OCCO2. The predicted octanol–water partition coefficient (Wildman–Crippen LogP) is 2.12. The first kappa shape index (κ1) is 20.8. The molecular formula is C21H19NO8. The van der Waals surface area contributed by atoms with Gasteiger partial charge in [0.15, 0.2) is 23.9 Å². The first-order chi connectivity index (χ1) is 14.5. The zero-order valence-corrected chi connectivity index (χ0v) is 16.1. The molecule has 1 heterocycles. The number of ketones is 1. The van der Waals surface area contributed by atoms with Crippen LogP contribution >= 0.6 is 0 Å². The Balaban J connectivity index is 1.72. The highest BCUT2D eigenvalue weighted by Crippen LogP contribution is 2.31. The summed E-state index contributed by atoms with van der Waals surface area (Å²) in [5, 5.41) is 1.91. The number of esters is 1. The fraction of sp³-hybridized carbons (Fsp3) is 0.238. The number of carbonyl (C=O) groups excluding carboxylic acids is 4. The summed E-state index contributed by atoms with van der Waals surface area (Å²) >= 11 is 0. The largest absolute Gasteiger partial charge is 0.486 e. The fourth-order valence-corrected chi connectivity index (χ4v) is 2.73. The van der Waals surface area contributed by atoms with Gasteiger partial charge in [-0.25, -0.2) is 9.59 Å². The van der Waals surface area contributed by atoms with Crippen molar-refractivity contribution in [1.29, 1.82) is 0 Å². The van der Waals surface area contributed by atoms with Crippen molar-refractivity contribution in [3.8, 4) is 11.5 Å². The molecule has 0 spiro atoms. The van der Waals surface area contributed by atoms with E-state index in [9.17, 15) is 19.2 Å². The summed E-state index contributed by atoms with van der Waals surface area (Å²) in [7, 11) is 0. The second kappa shape index (κ2) is 9.55. The monoisotopic (exact) mass is 413 g/mol. The van der Waals surface area contributed by atoms with Crippen LogP contribution < -0.4 is 14.8 Å². The van der Waals surface area contributed by atoms with Crippen molar-refractivity contribution in [2.24, 2.45) is 0 Å². The van der Waals surface area contributed by atoms with E-state index in [1.54, 1.807) is 37.3 Å². The molecule has 0 aliphatic carbocycles. The van der Waals surface area contributed by atoms with E-state index < -0.39 is 30.4 Å².